The Morgan fingerprint density at radius 1 is 1.00 bits per heavy atom. The average Bonchev–Trinajstić information content (AvgIpc) is 2.27. The van der Waals surface area contributed by atoms with Gasteiger partial charge in [0.15, 0.2) is 0 Å². The summed E-state index contributed by atoms with van der Waals surface area (Å²) in [4.78, 5) is -0.625. The molecule has 0 heterocycles. The van der Waals surface area contributed by atoms with E-state index in [4.69, 9.17) is 46.4 Å². The van der Waals surface area contributed by atoms with E-state index >= 15 is 0 Å². The summed E-state index contributed by atoms with van der Waals surface area (Å²) in [7, 11) is 0. The van der Waals surface area contributed by atoms with Crippen LogP contribution in [-0.4, -0.2) is 0 Å². The molecule has 1 atom stereocenters. The minimum Gasteiger partial charge on any atom is -0.109 e. The lowest BCUT2D eigenvalue weighted by Gasteiger charge is -2.26. The molecule has 0 aromatic heterocycles. The van der Waals surface area contributed by atoms with Crippen molar-refractivity contribution in [2.24, 2.45) is 0 Å². The zero-order valence-electron chi connectivity index (χ0n) is 8.18. The molecule has 16 heavy (non-hydrogen) atoms. The normalized spacial score (nSPS) is 23.8. The van der Waals surface area contributed by atoms with Crippen LogP contribution in [-0.2, 0) is 4.87 Å². The first-order valence-corrected chi connectivity index (χ1v) is 6.23. The summed E-state index contributed by atoms with van der Waals surface area (Å²) in [5.74, 6) is 0. The molecule has 0 saturated heterocycles. The van der Waals surface area contributed by atoms with Crippen molar-refractivity contribution in [1.82, 2.24) is 0 Å². The molecule has 0 bridgehead atoms. The highest BCUT2D eigenvalue weighted by atomic mass is 35.5. The predicted molar refractivity (Wildman–Crippen MR) is 71.9 cm³/mol. The van der Waals surface area contributed by atoms with Crippen LogP contribution in [0, 0.1) is 0 Å². The fraction of sp³-hybridized carbons (Fsp3) is 0.167. The van der Waals surface area contributed by atoms with Gasteiger partial charge in [0.2, 0.25) is 0 Å². The summed E-state index contributed by atoms with van der Waals surface area (Å²) in [6.45, 7) is 0. The van der Waals surface area contributed by atoms with Gasteiger partial charge in [-0.15, -0.1) is 11.6 Å². The average molecular weight is 294 g/mol. The van der Waals surface area contributed by atoms with Gasteiger partial charge in [0.05, 0.1) is 19.9 Å². The van der Waals surface area contributed by atoms with Crippen LogP contribution < -0.4 is 0 Å². The second-order valence-corrected chi connectivity index (χ2v) is 5.41. The van der Waals surface area contributed by atoms with Crippen molar-refractivity contribution in [3.05, 3.63) is 57.1 Å². The molecular weight excluding hydrogens is 286 g/mol. The number of halogens is 4. The van der Waals surface area contributed by atoms with Crippen molar-refractivity contribution in [2.45, 2.75) is 11.3 Å². The Hall–Kier alpha value is -0.140. The van der Waals surface area contributed by atoms with Crippen LogP contribution in [0.2, 0.25) is 15.1 Å². The second kappa shape index (κ2) is 4.62. The molecule has 0 radical (unpaired) electrons. The van der Waals surface area contributed by atoms with Crippen LogP contribution in [0.1, 0.15) is 12.0 Å². The Morgan fingerprint density at radius 2 is 1.75 bits per heavy atom. The maximum atomic E-state index is 6.51. The minimum absolute atomic E-state index is 0.351. The van der Waals surface area contributed by atoms with E-state index in [-0.39, 0.29) is 0 Å². The van der Waals surface area contributed by atoms with Crippen LogP contribution in [0.3, 0.4) is 0 Å². The number of alkyl halides is 1. The lowest BCUT2D eigenvalue weighted by Crippen LogP contribution is -2.16. The SMILES string of the molecule is Clc1ccc(C2(Cl)C=CC=CC2)c(Cl)c1Cl. The van der Waals surface area contributed by atoms with Gasteiger partial charge in [-0.3, -0.25) is 0 Å². The minimum atomic E-state index is -0.625. The van der Waals surface area contributed by atoms with Gasteiger partial charge in [0.25, 0.3) is 0 Å². The fourth-order valence-corrected chi connectivity index (χ4v) is 2.71. The Morgan fingerprint density at radius 3 is 2.38 bits per heavy atom. The molecule has 1 aliphatic carbocycles. The van der Waals surface area contributed by atoms with Gasteiger partial charge in [-0.05, 0) is 18.1 Å². The quantitative estimate of drug-likeness (QED) is 0.467. The van der Waals surface area contributed by atoms with Crippen LogP contribution in [0.15, 0.2) is 36.4 Å². The molecule has 1 aliphatic rings. The molecule has 0 nitrogen and oxygen atoms in total. The Kier molecular flexibility index (Phi) is 3.56. The van der Waals surface area contributed by atoms with Gasteiger partial charge in [0, 0.05) is 0 Å². The first-order chi connectivity index (χ1) is 7.54. The lowest BCUT2D eigenvalue weighted by molar-refractivity contribution is 0.764. The molecule has 1 aromatic carbocycles. The Labute approximate surface area is 114 Å². The van der Waals surface area contributed by atoms with Gasteiger partial charge in [-0.2, -0.15) is 0 Å². The molecule has 1 unspecified atom stereocenters. The lowest BCUT2D eigenvalue weighted by atomic mass is 9.91. The molecule has 4 heteroatoms. The third-order valence-corrected chi connectivity index (χ3v) is 4.28. The van der Waals surface area contributed by atoms with Crippen molar-refractivity contribution in [1.29, 1.82) is 0 Å². The number of hydrogen-bond acceptors (Lipinski definition) is 0. The van der Waals surface area contributed by atoms with Gasteiger partial charge in [0.1, 0.15) is 0 Å². The third-order valence-electron chi connectivity index (χ3n) is 2.51. The number of hydrogen-bond donors (Lipinski definition) is 0. The maximum absolute atomic E-state index is 6.51. The zero-order valence-corrected chi connectivity index (χ0v) is 11.2. The maximum Gasteiger partial charge on any atom is 0.0927 e. The van der Waals surface area contributed by atoms with E-state index in [1.54, 1.807) is 6.07 Å². The summed E-state index contributed by atoms with van der Waals surface area (Å²) in [6.07, 6.45) is 8.43. The summed E-state index contributed by atoms with van der Waals surface area (Å²) >= 11 is 24.5. The third kappa shape index (κ3) is 2.12. The van der Waals surface area contributed by atoms with E-state index in [1.807, 2.05) is 30.4 Å². The fourth-order valence-electron chi connectivity index (χ4n) is 1.64. The topological polar surface area (TPSA) is 0 Å². The van der Waals surface area contributed by atoms with Gasteiger partial charge >= 0.3 is 0 Å². The van der Waals surface area contributed by atoms with Crippen LogP contribution in [0.25, 0.3) is 0 Å². The number of rotatable bonds is 1. The van der Waals surface area contributed by atoms with Crippen LogP contribution >= 0.6 is 46.4 Å². The molecule has 1 aromatic rings. The number of benzene rings is 1. The molecule has 0 saturated carbocycles. The first-order valence-electron chi connectivity index (χ1n) is 4.72. The Balaban J connectivity index is 2.53. The van der Waals surface area contributed by atoms with Crippen molar-refractivity contribution < 1.29 is 0 Å². The first kappa shape index (κ1) is 12.3. The summed E-state index contributed by atoms with van der Waals surface area (Å²) in [5.41, 5.74) is 0.783. The molecule has 0 spiro atoms. The van der Waals surface area contributed by atoms with Gasteiger partial charge < -0.3 is 0 Å². The highest BCUT2D eigenvalue weighted by Gasteiger charge is 2.30. The predicted octanol–water partition coefficient (Wildman–Crippen LogP) is 5.60. The van der Waals surface area contributed by atoms with E-state index in [0.29, 0.717) is 21.5 Å². The van der Waals surface area contributed by atoms with Gasteiger partial charge in [-0.25, -0.2) is 0 Å². The molecule has 0 N–H and O–H groups in total. The standard InChI is InChI=1S/C12H8Cl4/c13-9-5-4-8(10(14)11(9)15)12(16)6-2-1-3-7-12/h1-6H,7H2. The van der Waals surface area contributed by atoms with E-state index in [9.17, 15) is 0 Å². The van der Waals surface area contributed by atoms with E-state index < -0.39 is 4.87 Å². The van der Waals surface area contributed by atoms with E-state index in [0.717, 1.165) is 5.56 Å². The molecule has 2 rings (SSSR count). The van der Waals surface area contributed by atoms with Gasteiger partial charge in [-0.1, -0.05) is 65.2 Å². The highest BCUT2D eigenvalue weighted by molar-refractivity contribution is 6.48. The smallest absolute Gasteiger partial charge is 0.0927 e. The molecule has 0 fully saturated rings. The zero-order chi connectivity index (χ0) is 11.8. The summed E-state index contributed by atoms with van der Waals surface area (Å²) in [5, 5.41) is 1.21. The Bertz CT molecular complexity index is 476. The van der Waals surface area contributed by atoms with Crippen LogP contribution in [0.5, 0.6) is 0 Å². The van der Waals surface area contributed by atoms with Crippen molar-refractivity contribution in [2.75, 3.05) is 0 Å². The van der Waals surface area contributed by atoms with E-state index in [2.05, 4.69) is 0 Å². The largest absolute Gasteiger partial charge is 0.109 e. The summed E-state index contributed by atoms with van der Waals surface area (Å²) in [6, 6.07) is 3.52. The van der Waals surface area contributed by atoms with E-state index in [1.165, 1.54) is 0 Å². The molecule has 0 aliphatic heterocycles. The molecule has 0 amide bonds. The van der Waals surface area contributed by atoms with Crippen LogP contribution in [0.4, 0.5) is 0 Å². The van der Waals surface area contributed by atoms with Crippen molar-refractivity contribution in [3.8, 4) is 0 Å². The highest BCUT2D eigenvalue weighted by Crippen LogP contribution is 2.44. The van der Waals surface area contributed by atoms with Crippen molar-refractivity contribution >= 4 is 46.4 Å². The monoisotopic (exact) mass is 292 g/mol. The number of allylic oxidation sites excluding steroid dienone is 4. The van der Waals surface area contributed by atoms with Crippen molar-refractivity contribution in [3.63, 3.8) is 0 Å². The summed E-state index contributed by atoms with van der Waals surface area (Å²) < 4.78 is 0. The second-order valence-electron chi connectivity index (χ2n) is 3.58. The molecular formula is C12H8Cl4. The molecule has 84 valence electrons.